The van der Waals surface area contributed by atoms with Gasteiger partial charge in [0.2, 0.25) is 5.91 Å². The number of methoxy groups -OCH3 is 1. The Balaban J connectivity index is 1.57. The highest BCUT2D eigenvalue weighted by Crippen LogP contribution is 2.36. The quantitative estimate of drug-likeness (QED) is 0.412. The van der Waals surface area contributed by atoms with Crippen molar-refractivity contribution in [1.29, 1.82) is 0 Å². The first-order valence-electron chi connectivity index (χ1n) is 11.2. The summed E-state index contributed by atoms with van der Waals surface area (Å²) in [4.78, 5) is 33.4. The van der Waals surface area contributed by atoms with E-state index < -0.39 is 0 Å². The summed E-state index contributed by atoms with van der Waals surface area (Å²) < 4.78 is 7.18. The van der Waals surface area contributed by atoms with Gasteiger partial charge >= 0.3 is 0 Å². The number of para-hydroxylation sites is 2. The molecule has 32 heavy (non-hydrogen) atoms. The Morgan fingerprint density at radius 2 is 2.09 bits per heavy atom. The standard InChI is InChI=1S/C24H27N3O3S2/c1-14(15-11-12-15)25-20(28)13-31-24-26-22-21(16-7-3-6-10-19(16)32-22)23(29)27(24)17-8-4-5-9-18(17)30-2/h4-5,8-9,14-15H,3,6-7,10-13H2,1-2H3,(H,25,28). The number of fused-ring (bicyclic) bond motifs is 3. The van der Waals surface area contributed by atoms with Gasteiger partial charge in [-0.1, -0.05) is 23.9 Å². The number of aromatic nitrogens is 2. The number of amides is 1. The van der Waals surface area contributed by atoms with E-state index in [4.69, 9.17) is 9.72 Å². The van der Waals surface area contributed by atoms with Crippen molar-refractivity contribution in [2.24, 2.45) is 5.92 Å². The third-order valence-electron chi connectivity index (χ3n) is 6.33. The molecular formula is C24H27N3O3S2. The van der Waals surface area contributed by atoms with Crippen LogP contribution in [0, 0.1) is 5.92 Å². The van der Waals surface area contributed by atoms with Crippen molar-refractivity contribution in [2.45, 2.75) is 56.6 Å². The molecule has 0 bridgehead atoms. The third-order valence-corrected chi connectivity index (χ3v) is 8.46. The van der Waals surface area contributed by atoms with Crippen LogP contribution in [0.2, 0.25) is 0 Å². The van der Waals surface area contributed by atoms with E-state index in [1.807, 2.05) is 24.3 Å². The average Bonchev–Trinajstić information content (AvgIpc) is 3.58. The number of carbonyl (C=O) groups is 1. The highest BCUT2D eigenvalue weighted by Gasteiger charge is 2.29. The molecule has 8 heteroatoms. The Hall–Kier alpha value is -2.32. The molecule has 0 spiro atoms. The van der Waals surface area contributed by atoms with Gasteiger partial charge in [0.1, 0.15) is 10.6 Å². The first kappa shape index (κ1) is 21.5. The summed E-state index contributed by atoms with van der Waals surface area (Å²) in [5.74, 6) is 1.40. The van der Waals surface area contributed by atoms with Gasteiger partial charge in [0.05, 0.1) is 23.9 Å². The molecular weight excluding hydrogens is 442 g/mol. The van der Waals surface area contributed by atoms with Crippen molar-refractivity contribution in [1.82, 2.24) is 14.9 Å². The summed E-state index contributed by atoms with van der Waals surface area (Å²) in [5, 5.41) is 4.34. The molecule has 1 N–H and O–H groups in total. The van der Waals surface area contributed by atoms with Crippen molar-refractivity contribution < 1.29 is 9.53 Å². The number of carbonyl (C=O) groups excluding carboxylic acids is 1. The molecule has 1 saturated carbocycles. The van der Waals surface area contributed by atoms with Crippen molar-refractivity contribution in [3.63, 3.8) is 0 Å². The smallest absolute Gasteiger partial charge is 0.267 e. The van der Waals surface area contributed by atoms with Gasteiger partial charge in [0.15, 0.2) is 5.16 Å². The van der Waals surface area contributed by atoms with Crippen LogP contribution in [0.4, 0.5) is 0 Å². The van der Waals surface area contributed by atoms with Crippen LogP contribution in [0.1, 0.15) is 43.0 Å². The lowest BCUT2D eigenvalue weighted by Crippen LogP contribution is -2.35. The second-order valence-electron chi connectivity index (χ2n) is 8.58. The number of nitrogens with one attached hydrogen (secondary N) is 1. The normalized spacial score (nSPS) is 16.6. The lowest BCUT2D eigenvalue weighted by molar-refractivity contribution is -0.119. The Labute approximate surface area is 195 Å². The largest absolute Gasteiger partial charge is 0.495 e. The maximum Gasteiger partial charge on any atom is 0.267 e. The van der Waals surface area contributed by atoms with Crippen LogP contribution in [-0.2, 0) is 17.6 Å². The monoisotopic (exact) mass is 469 g/mol. The molecule has 1 fully saturated rings. The molecule has 1 aromatic carbocycles. The number of hydrogen-bond acceptors (Lipinski definition) is 6. The van der Waals surface area contributed by atoms with Gasteiger partial charge < -0.3 is 10.1 Å². The molecule has 0 saturated heterocycles. The zero-order valence-electron chi connectivity index (χ0n) is 18.3. The van der Waals surface area contributed by atoms with Crippen molar-refractivity contribution in [3.05, 3.63) is 45.1 Å². The highest BCUT2D eigenvalue weighted by atomic mass is 32.2. The lowest BCUT2D eigenvalue weighted by Gasteiger charge is -2.16. The second-order valence-corrected chi connectivity index (χ2v) is 10.6. The Bertz CT molecular complexity index is 1230. The summed E-state index contributed by atoms with van der Waals surface area (Å²) in [6.45, 7) is 2.06. The molecule has 0 radical (unpaired) electrons. The predicted octanol–water partition coefficient (Wildman–Crippen LogP) is 4.34. The number of thiophene rings is 1. The summed E-state index contributed by atoms with van der Waals surface area (Å²) in [6, 6.07) is 7.67. The van der Waals surface area contributed by atoms with Gasteiger partial charge in [0.25, 0.3) is 5.56 Å². The van der Waals surface area contributed by atoms with Crippen LogP contribution in [0.25, 0.3) is 15.9 Å². The van der Waals surface area contributed by atoms with Crippen molar-refractivity contribution in [2.75, 3.05) is 12.9 Å². The molecule has 2 aliphatic rings. The maximum absolute atomic E-state index is 13.8. The van der Waals surface area contributed by atoms with Gasteiger partial charge in [-0.25, -0.2) is 4.98 Å². The second kappa shape index (κ2) is 8.90. The van der Waals surface area contributed by atoms with E-state index in [2.05, 4.69) is 12.2 Å². The maximum atomic E-state index is 13.8. The van der Waals surface area contributed by atoms with E-state index in [9.17, 15) is 9.59 Å². The number of aryl methyl sites for hydroxylation is 2. The van der Waals surface area contributed by atoms with Gasteiger partial charge in [-0.3, -0.25) is 14.2 Å². The summed E-state index contributed by atoms with van der Waals surface area (Å²) in [5.41, 5.74) is 1.73. The summed E-state index contributed by atoms with van der Waals surface area (Å²) in [7, 11) is 1.60. The van der Waals surface area contributed by atoms with Crippen LogP contribution >= 0.6 is 23.1 Å². The minimum absolute atomic E-state index is 0.0270. The lowest BCUT2D eigenvalue weighted by atomic mass is 9.97. The van der Waals surface area contributed by atoms with Gasteiger partial charge in [0, 0.05) is 10.9 Å². The van der Waals surface area contributed by atoms with E-state index in [0.29, 0.717) is 22.5 Å². The molecule has 1 atom stereocenters. The SMILES string of the molecule is COc1ccccc1-n1c(SCC(=O)NC(C)C2CC2)nc2sc3c(c2c1=O)CCCC3. The fraction of sp³-hybridized carbons (Fsp3) is 0.458. The van der Waals surface area contributed by atoms with E-state index in [-0.39, 0.29) is 23.3 Å². The zero-order chi connectivity index (χ0) is 22.2. The van der Waals surface area contributed by atoms with Crippen molar-refractivity contribution >= 4 is 39.2 Å². The van der Waals surface area contributed by atoms with Crippen LogP contribution in [0.15, 0.2) is 34.2 Å². The minimum atomic E-state index is -0.0758. The van der Waals surface area contributed by atoms with E-state index in [1.165, 1.54) is 29.5 Å². The Morgan fingerprint density at radius 3 is 2.88 bits per heavy atom. The zero-order valence-corrected chi connectivity index (χ0v) is 20.0. The molecule has 3 aromatic rings. The average molecular weight is 470 g/mol. The number of thioether (sulfide) groups is 1. The van der Waals surface area contributed by atoms with Gasteiger partial charge in [-0.15, -0.1) is 11.3 Å². The van der Waals surface area contributed by atoms with Crippen molar-refractivity contribution in [3.8, 4) is 11.4 Å². The molecule has 2 aromatic heterocycles. The summed E-state index contributed by atoms with van der Waals surface area (Å²) in [6.07, 6.45) is 6.55. The first-order chi connectivity index (χ1) is 15.6. The fourth-order valence-electron chi connectivity index (χ4n) is 4.45. The molecule has 168 valence electrons. The topological polar surface area (TPSA) is 73.2 Å². The molecule has 1 amide bonds. The molecule has 2 heterocycles. The number of benzene rings is 1. The van der Waals surface area contributed by atoms with Crippen LogP contribution < -0.4 is 15.6 Å². The molecule has 2 aliphatic carbocycles. The van der Waals surface area contributed by atoms with Gasteiger partial charge in [-0.05, 0) is 69.1 Å². The number of hydrogen-bond donors (Lipinski definition) is 1. The summed E-state index contributed by atoms with van der Waals surface area (Å²) >= 11 is 2.94. The number of ether oxygens (including phenoxy) is 1. The van der Waals surface area contributed by atoms with E-state index >= 15 is 0 Å². The molecule has 1 unspecified atom stereocenters. The van der Waals surface area contributed by atoms with E-state index in [1.54, 1.807) is 23.0 Å². The van der Waals surface area contributed by atoms with Gasteiger partial charge in [-0.2, -0.15) is 0 Å². The molecule has 0 aliphatic heterocycles. The number of nitrogens with zero attached hydrogens (tertiary/aromatic N) is 2. The predicted molar refractivity (Wildman–Crippen MR) is 129 cm³/mol. The molecule has 5 rings (SSSR count). The van der Waals surface area contributed by atoms with Crippen LogP contribution in [0.3, 0.4) is 0 Å². The van der Waals surface area contributed by atoms with E-state index in [0.717, 1.165) is 41.5 Å². The Morgan fingerprint density at radius 1 is 1.31 bits per heavy atom. The Kier molecular flexibility index (Phi) is 5.99. The molecule has 6 nitrogen and oxygen atoms in total. The van der Waals surface area contributed by atoms with Crippen LogP contribution in [0.5, 0.6) is 5.75 Å². The first-order valence-corrected chi connectivity index (χ1v) is 13.0. The fourth-order valence-corrected chi connectivity index (χ4v) is 6.57. The number of rotatable bonds is 7. The third kappa shape index (κ3) is 4.06. The van der Waals surface area contributed by atoms with Crippen LogP contribution in [-0.4, -0.2) is 34.4 Å². The minimum Gasteiger partial charge on any atom is -0.495 e. The highest BCUT2D eigenvalue weighted by molar-refractivity contribution is 7.99.